The van der Waals surface area contributed by atoms with E-state index in [2.05, 4.69) is 10.3 Å². The van der Waals surface area contributed by atoms with E-state index in [1.165, 1.54) is 12.1 Å². The van der Waals surface area contributed by atoms with E-state index < -0.39 is 29.4 Å². The van der Waals surface area contributed by atoms with Crippen molar-refractivity contribution >= 4 is 28.3 Å². The van der Waals surface area contributed by atoms with Gasteiger partial charge in [-0.3, -0.25) is 4.79 Å². The Balaban J connectivity index is 1.60. The van der Waals surface area contributed by atoms with Gasteiger partial charge in [0.15, 0.2) is 5.75 Å². The average Bonchev–Trinajstić information content (AvgIpc) is 2.92. The minimum absolute atomic E-state index is 0.0519. The zero-order valence-electron chi connectivity index (χ0n) is 24.0. The summed E-state index contributed by atoms with van der Waals surface area (Å²) in [6.07, 6.45) is -1.12. The molecule has 1 aliphatic carbocycles. The van der Waals surface area contributed by atoms with E-state index in [1.54, 1.807) is 32.8 Å². The second-order valence-electron chi connectivity index (χ2n) is 11.3. The quantitative estimate of drug-likeness (QED) is 0.405. The highest BCUT2D eigenvalue weighted by molar-refractivity contribution is 6.01. The SMILES string of the molecule is Cc1nc(N[C@H](C)c2cccc(C(F)F)c2F)c2cc([C@]3(O)CC[C@H](C(=O)N(C)C)CC3)c3c(c2n1)N(C)CCO3. The first-order valence-corrected chi connectivity index (χ1v) is 13.9. The van der Waals surface area contributed by atoms with Crippen molar-refractivity contribution in [3.05, 3.63) is 52.6 Å². The van der Waals surface area contributed by atoms with Crippen LogP contribution >= 0.6 is 0 Å². The lowest BCUT2D eigenvalue weighted by Gasteiger charge is -2.39. The third-order valence-corrected chi connectivity index (χ3v) is 8.30. The summed E-state index contributed by atoms with van der Waals surface area (Å²) in [5.41, 5.74) is 0.112. The monoisotopic (exact) mass is 571 g/mol. The van der Waals surface area contributed by atoms with E-state index in [0.29, 0.717) is 72.7 Å². The van der Waals surface area contributed by atoms with Crippen LogP contribution in [0.4, 0.5) is 24.7 Å². The number of fused-ring (bicyclic) bond motifs is 3. The van der Waals surface area contributed by atoms with Gasteiger partial charge in [0.05, 0.1) is 23.8 Å². The van der Waals surface area contributed by atoms with Gasteiger partial charge in [-0.25, -0.2) is 23.1 Å². The molecule has 1 fully saturated rings. The van der Waals surface area contributed by atoms with Gasteiger partial charge in [0.25, 0.3) is 6.43 Å². The Morgan fingerprint density at radius 3 is 2.56 bits per heavy atom. The number of hydrogen-bond donors (Lipinski definition) is 2. The van der Waals surface area contributed by atoms with Gasteiger partial charge < -0.3 is 25.0 Å². The number of amides is 1. The minimum atomic E-state index is -2.93. The fourth-order valence-corrected chi connectivity index (χ4v) is 6.03. The molecular formula is C30H36F3N5O3. The van der Waals surface area contributed by atoms with Crippen molar-refractivity contribution in [2.75, 3.05) is 44.5 Å². The Morgan fingerprint density at radius 2 is 1.90 bits per heavy atom. The van der Waals surface area contributed by atoms with Crippen LogP contribution in [0.15, 0.2) is 24.3 Å². The molecule has 2 aromatic carbocycles. The molecule has 2 N–H and O–H groups in total. The summed E-state index contributed by atoms with van der Waals surface area (Å²) in [7, 11) is 5.40. The van der Waals surface area contributed by atoms with Crippen molar-refractivity contribution in [1.82, 2.24) is 14.9 Å². The molecule has 0 unspecified atom stereocenters. The molecular weight excluding hydrogens is 535 g/mol. The zero-order valence-corrected chi connectivity index (χ0v) is 24.0. The number of nitrogens with zero attached hydrogens (tertiary/aromatic N) is 4. The standard InChI is InChI=1S/C30H36F3N5O3/c1-16(19-7-6-8-20(23(19)31)27(32)33)34-28-21-15-22(30(40)11-9-18(10-12-30)29(39)37(3)4)26-25(38(5)13-14-41-26)24(21)35-17(2)36-28/h6-8,15-16,18,27,40H,9-14H2,1-5H3,(H,34,35,36)/t16-,18-,30-/m1/s1. The number of anilines is 2. The van der Waals surface area contributed by atoms with Crippen LogP contribution < -0.4 is 15.0 Å². The molecule has 1 aliphatic heterocycles. The molecule has 2 aliphatic rings. The molecule has 1 amide bonds. The summed E-state index contributed by atoms with van der Waals surface area (Å²) >= 11 is 0. The minimum Gasteiger partial charge on any atom is -0.489 e. The Bertz CT molecular complexity index is 1470. The van der Waals surface area contributed by atoms with Crippen LogP contribution in [0.2, 0.25) is 0 Å². The Labute approximate surface area is 237 Å². The van der Waals surface area contributed by atoms with Crippen molar-refractivity contribution < 1.29 is 27.8 Å². The number of benzene rings is 2. The highest BCUT2D eigenvalue weighted by Crippen LogP contribution is 2.50. The van der Waals surface area contributed by atoms with Crippen LogP contribution in [-0.4, -0.2) is 60.2 Å². The topological polar surface area (TPSA) is 90.8 Å². The molecule has 0 radical (unpaired) electrons. The first-order chi connectivity index (χ1) is 19.4. The summed E-state index contributed by atoms with van der Waals surface area (Å²) < 4.78 is 47.9. The van der Waals surface area contributed by atoms with Crippen LogP contribution in [0.25, 0.3) is 10.9 Å². The summed E-state index contributed by atoms with van der Waals surface area (Å²) in [5.74, 6) is 0.347. The molecule has 1 aromatic heterocycles. The second kappa shape index (κ2) is 11.0. The predicted octanol–water partition coefficient (Wildman–Crippen LogP) is 5.48. The fraction of sp³-hybridized carbons (Fsp3) is 0.500. The maximum Gasteiger partial charge on any atom is 0.266 e. The highest BCUT2D eigenvalue weighted by atomic mass is 19.3. The molecule has 0 bridgehead atoms. The number of alkyl halides is 2. The fourth-order valence-electron chi connectivity index (χ4n) is 6.03. The number of likely N-dealkylation sites (N-methyl/N-ethyl adjacent to an activating group) is 1. The lowest BCUT2D eigenvalue weighted by molar-refractivity contribution is -0.136. The third kappa shape index (κ3) is 5.27. The smallest absolute Gasteiger partial charge is 0.266 e. The van der Waals surface area contributed by atoms with Gasteiger partial charge >= 0.3 is 0 Å². The first-order valence-electron chi connectivity index (χ1n) is 13.9. The van der Waals surface area contributed by atoms with Crippen molar-refractivity contribution in [3.63, 3.8) is 0 Å². The van der Waals surface area contributed by atoms with E-state index in [4.69, 9.17) is 9.72 Å². The van der Waals surface area contributed by atoms with Gasteiger partial charge in [-0.2, -0.15) is 0 Å². The number of carbonyl (C=O) groups is 1. The number of nitrogens with one attached hydrogen (secondary N) is 1. The highest BCUT2D eigenvalue weighted by Gasteiger charge is 2.41. The van der Waals surface area contributed by atoms with Gasteiger partial charge in [-0.05, 0) is 45.6 Å². The maximum atomic E-state index is 15.0. The first kappa shape index (κ1) is 28.9. The predicted molar refractivity (Wildman–Crippen MR) is 151 cm³/mol. The van der Waals surface area contributed by atoms with Crippen molar-refractivity contribution in [3.8, 4) is 5.75 Å². The van der Waals surface area contributed by atoms with Crippen molar-refractivity contribution in [2.45, 2.75) is 57.6 Å². The number of aryl methyl sites for hydroxylation is 1. The normalized spacial score (nSPS) is 21.4. The van der Waals surface area contributed by atoms with Gasteiger partial charge in [0.2, 0.25) is 5.91 Å². The second-order valence-corrected chi connectivity index (χ2v) is 11.3. The molecule has 11 heteroatoms. The molecule has 3 aromatic rings. The summed E-state index contributed by atoms with van der Waals surface area (Å²) in [6, 6.07) is 5.09. The number of halogens is 3. The van der Waals surface area contributed by atoms with Gasteiger partial charge in [-0.1, -0.05) is 18.2 Å². The Hall–Kier alpha value is -3.60. The lowest BCUT2D eigenvalue weighted by Crippen LogP contribution is -2.39. The zero-order chi connectivity index (χ0) is 29.6. The lowest BCUT2D eigenvalue weighted by atomic mass is 9.74. The van der Waals surface area contributed by atoms with Crippen LogP contribution in [0.5, 0.6) is 5.75 Å². The molecule has 0 spiro atoms. The van der Waals surface area contributed by atoms with E-state index in [1.807, 2.05) is 18.0 Å². The summed E-state index contributed by atoms with van der Waals surface area (Å²) in [4.78, 5) is 25.5. The molecule has 5 rings (SSSR count). The molecule has 1 atom stereocenters. The molecule has 2 heterocycles. The van der Waals surface area contributed by atoms with Gasteiger partial charge in [-0.15, -0.1) is 0 Å². The van der Waals surface area contributed by atoms with E-state index >= 15 is 4.39 Å². The molecule has 220 valence electrons. The number of hydrogen-bond acceptors (Lipinski definition) is 7. The van der Waals surface area contributed by atoms with Crippen LogP contribution in [0, 0.1) is 18.7 Å². The molecule has 1 saturated carbocycles. The van der Waals surface area contributed by atoms with Crippen LogP contribution in [0.3, 0.4) is 0 Å². The van der Waals surface area contributed by atoms with Gasteiger partial charge in [0, 0.05) is 43.6 Å². The third-order valence-electron chi connectivity index (χ3n) is 8.30. The van der Waals surface area contributed by atoms with E-state index in [-0.39, 0.29) is 17.4 Å². The largest absolute Gasteiger partial charge is 0.489 e. The molecule has 41 heavy (non-hydrogen) atoms. The number of carbonyl (C=O) groups excluding carboxylic acids is 1. The van der Waals surface area contributed by atoms with Crippen molar-refractivity contribution in [2.24, 2.45) is 5.92 Å². The molecule has 0 saturated heterocycles. The van der Waals surface area contributed by atoms with Crippen molar-refractivity contribution in [1.29, 1.82) is 0 Å². The Kier molecular flexibility index (Phi) is 7.76. The van der Waals surface area contributed by atoms with Crippen LogP contribution in [-0.2, 0) is 10.4 Å². The maximum absolute atomic E-state index is 15.0. The number of aliphatic hydroxyl groups is 1. The summed E-state index contributed by atoms with van der Waals surface area (Å²) in [5, 5.41) is 15.8. The Morgan fingerprint density at radius 1 is 1.22 bits per heavy atom. The van der Waals surface area contributed by atoms with E-state index in [0.717, 1.165) is 11.8 Å². The number of ether oxygens (including phenoxy) is 1. The van der Waals surface area contributed by atoms with Gasteiger partial charge in [0.1, 0.15) is 35.3 Å². The summed E-state index contributed by atoms with van der Waals surface area (Å²) in [6.45, 7) is 4.47. The number of rotatable bonds is 6. The van der Waals surface area contributed by atoms with Crippen LogP contribution in [0.1, 0.15) is 67.6 Å². The average molecular weight is 572 g/mol. The van der Waals surface area contributed by atoms with E-state index in [9.17, 15) is 18.7 Å². The number of aromatic nitrogens is 2. The molecule has 8 nitrogen and oxygen atoms in total.